The molecule has 0 aliphatic carbocycles. The summed E-state index contributed by atoms with van der Waals surface area (Å²) in [5.41, 5.74) is 2.75. The highest BCUT2D eigenvalue weighted by Crippen LogP contribution is 2.21. The van der Waals surface area contributed by atoms with Crippen LogP contribution in [-0.4, -0.2) is 50.2 Å². The van der Waals surface area contributed by atoms with Gasteiger partial charge in [0.2, 0.25) is 0 Å². The van der Waals surface area contributed by atoms with E-state index < -0.39 is 0 Å². The number of aryl methyl sites for hydroxylation is 1. The lowest BCUT2D eigenvalue weighted by Crippen LogP contribution is -2.51. The first-order chi connectivity index (χ1) is 10.2. The molecule has 1 unspecified atom stereocenters. The Morgan fingerprint density at radius 2 is 1.86 bits per heavy atom. The standard InChI is InChI=1S/C18H29N3/c1-15-5-3-7-18(13-15)21-11-8-16(9-12-21)19-17-6-4-10-20(2)14-17/h3,5,7,13,16-17,19H,4,6,8-12,14H2,1-2H3. The molecule has 0 spiro atoms. The van der Waals surface area contributed by atoms with Crippen molar-refractivity contribution >= 4 is 5.69 Å². The maximum Gasteiger partial charge on any atom is 0.0368 e. The molecule has 2 heterocycles. The lowest BCUT2D eigenvalue weighted by molar-refractivity contribution is 0.209. The lowest BCUT2D eigenvalue weighted by atomic mass is 10.00. The summed E-state index contributed by atoms with van der Waals surface area (Å²) in [5, 5.41) is 3.90. The molecular weight excluding hydrogens is 258 g/mol. The van der Waals surface area contributed by atoms with Crippen LogP contribution in [0.1, 0.15) is 31.2 Å². The van der Waals surface area contributed by atoms with Gasteiger partial charge in [0.25, 0.3) is 0 Å². The van der Waals surface area contributed by atoms with Gasteiger partial charge >= 0.3 is 0 Å². The maximum absolute atomic E-state index is 3.90. The van der Waals surface area contributed by atoms with Crippen molar-refractivity contribution in [3.8, 4) is 0 Å². The Hall–Kier alpha value is -1.06. The molecule has 1 aromatic carbocycles. The van der Waals surface area contributed by atoms with E-state index in [-0.39, 0.29) is 0 Å². The van der Waals surface area contributed by atoms with E-state index >= 15 is 0 Å². The van der Waals surface area contributed by atoms with Crippen LogP contribution < -0.4 is 10.2 Å². The molecule has 2 aliphatic rings. The average molecular weight is 287 g/mol. The van der Waals surface area contributed by atoms with Crippen molar-refractivity contribution in [1.29, 1.82) is 0 Å². The van der Waals surface area contributed by atoms with E-state index in [9.17, 15) is 0 Å². The number of hydrogen-bond acceptors (Lipinski definition) is 3. The van der Waals surface area contributed by atoms with Crippen LogP contribution in [0, 0.1) is 6.92 Å². The van der Waals surface area contributed by atoms with E-state index in [0.29, 0.717) is 12.1 Å². The van der Waals surface area contributed by atoms with Crippen molar-refractivity contribution in [2.24, 2.45) is 0 Å². The SMILES string of the molecule is Cc1cccc(N2CCC(NC3CCCN(C)C3)CC2)c1. The van der Waals surface area contributed by atoms with Gasteiger partial charge < -0.3 is 15.1 Å². The van der Waals surface area contributed by atoms with Crippen LogP contribution in [0.25, 0.3) is 0 Å². The summed E-state index contributed by atoms with van der Waals surface area (Å²) in [5.74, 6) is 0. The fourth-order valence-corrected chi connectivity index (χ4v) is 3.76. The van der Waals surface area contributed by atoms with Gasteiger partial charge in [0, 0.05) is 37.4 Å². The van der Waals surface area contributed by atoms with Gasteiger partial charge in [0.05, 0.1) is 0 Å². The Balaban J connectivity index is 1.48. The number of piperidine rings is 2. The third kappa shape index (κ3) is 3.98. The Labute approximate surface area is 129 Å². The number of rotatable bonds is 3. The van der Waals surface area contributed by atoms with Crippen molar-refractivity contribution in [3.05, 3.63) is 29.8 Å². The summed E-state index contributed by atoms with van der Waals surface area (Å²) in [7, 11) is 2.24. The molecule has 2 aliphatic heterocycles. The minimum atomic E-state index is 0.708. The van der Waals surface area contributed by atoms with Crippen LogP contribution in [0.3, 0.4) is 0 Å². The molecular formula is C18H29N3. The molecule has 3 heteroatoms. The molecule has 2 fully saturated rings. The number of nitrogens with zero attached hydrogens (tertiary/aromatic N) is 2. The minimum Gasteiger partial charge on any atom is -0.371 e. The van der Waals surface area contributed by atoms with Crippen LogP contribution in [0.2, 0.25) is 0 Å². The number of likely N-dealkylation sites (tertiary alicyclic amines) is 1. The van der Waals surface area contributed by atoms with Crippen LogP contribution in [0.15, 0.2) is 24.3 Å². The zero-order chi connectivity index (χ0) is 14.7. The number of likely N-dealkylation sites (N-methyl/N-ethyl adjacent to an activating group) is 1. The van der Waals surface area contributed by atoms with E-state index in [1.165, 1.54) is 63.1 Å². The molecule has 3 rings (SSSR count). The topological polar surface area (TPSA) is 18.5 Å². The average Bonchev–Trinajstić information content (AvgIpc) is 2.48. The summed E-state index contributed by atoms with van der Waals surface area (Å²) in [6.45, 7) is 7.03. The van der Waals surface area contributed by atoms with Crippen LogP contribution in [0.4, 0.5) is 5.69 Å². The molecule has 1 aromatic rings. The number of anilines is 1. The Morgan fingerprint density at radius 1 is 1.05 bits per heavy atom. The Kier molecular flexibility index (Phi) is 4.81. The lowest BCUT2D eigenvalue weighted by Gasteiger charge is -2.38. The highest BCUT2D eigenvalue weighted by atomic mass is 15.2. The molecule has 2 saturated heterocycles. The number of hydrogen-bond donors (Lipinski definition) is 1. The largest absolute Gasteiger partial charge is 0.371 e. The molecule has 0 bridgehead atoms. The predicted octanol–water partition coefficient (Wildman–Crippen LogP) is 2.65. The third-order valence-corrected chi connectivity index (χ3v) is 4.96. The van der Waals surface area contributed by atoms with Gasteiger partial charge in [-0.1, -0.05) is 12.1 Å². The highest BCUT2D eigenvalue weighted by Gasteiger charge is 2.24. The Morgan fingerprint density at radius 3 is 2.57 bits per heavy atom. The van der Waals surface area contributed by atoms with Gasteiger partial charge in [-0.3, -0.25) is 0 Å². The molecule has 3 nitrogen and oxygen atoms in total. The molecule has 116 valence electrons. The zero-order valence-electron chi connectivity index (χ0n) is 13.5. The molecule has 1 atom stereocenters. The van der Waals surface area contributed by atoms with E-state index in [0.717, 1.165) is 0 Å². The summed E-state index contributed by atoms with van der Waals surface area (Å²) >= 11 is 0. The first kappa shape index (κ1) is 14.9. The highest BCUT2D eigenvalue weighted by molar-refractivity contribution is 5.48. The minimum absolute atomic E-state index is 0.708. The van der Waals surface area contributed by atoms with Gasteiger partial charge in [-0.05, 0) is 63.9 Å². The monoisotopic (exact) mass is 287 g/mol. The van der Waals surface area contributed by atoms with Gasteiger partial charge in [0.1, 0.15) is 0 Å². The van der Waals surface area contributed by atoms with Crippen molar-refractivity contribution in [2.75, 3.05) is 38.1 Å². The van der Waals surface area contributed by atoms with Crippen molar-refractivity contribution in [3.63, 3.8) is 0 Å². The van der Waals surface area contributed by atoms with Gasteiger partial charge in [-0.2, -0.15) is 0 Å². The van der Waals surface area contributed by atoms with Crippen LogP contribution in [0.5, 0.6) is 0 Å². The van der Waals surface area contributed by atoms with E-state index in [4.69, 9.17) is 0 Å². The first-order valence-corrected chi connectivity index (χ1v) is 8.47. The smallest absolute Gasteiger partial charge is 0.0368 e. The predicted molar refractivity (Wildman–Crippen MR) is 90.1 cm³/mol. The van der Waals surface area contributed by atoms with Crippen molar-refractivity contribution in [1.82, 2.24) is 10.2 Å². The first-order valence-electron chi connectivity index (χ1n) is 8.47. The molecule has 0 radical (unpaired) electrons. The second-order valence-electron chi connectivity index (χ2n) is 6.87. The third-order valence-electron chi connectivity index (χ3n) is 4.96. The molecule has 0 aromatic heterocycles. The molecule has 0 saturated carbocycles. The van der Waals surface area contributed by atoms with E-state index in [1.807, 2.05) is 0 Å². The van der Waals surface area contributed by atoms with Gasteiger partial charge in [-0.25, -0.2) is 0 Å². The van der Waals surface area contributed by atoms with Crippen molar-refractivity contribution in [2.45, 2.75) is 44.7 Å². The summed E-state index contributed by atoms with van der Waals surface area (Å²) in [6.07, 6.45) is 5.24. The van der Waals surface area contributed by atoms with Crippen LogP contribution >= 0.6 is 0 Å². The van der Waals surface area contributed by atoms with E-state index in [1.54, 1.807) is 0 Å². The van der Waals surface area contributed by atoms with Crippen molar-refractivity contribution < 1.29 is 0 Å². The number of benzene rings is 1. The maximum atomic E-state index is 3.90. The van der Waals surface area contributed by atoms with E-state index in [2.05, 4.69) is 53.4 Å². The molecule has 1 N–H and O–H groups in total. The van der Waals surface area contributed by atoms with Gasteiger partial charge in [0.15, 0.2) is 0 Å². The fourth-order valence-electron chi connectivity index (χ4n) is 3.76. The second kappa shape index (κ2) is 6.80. The summed E-state index contributed by atoms with van der Waals surface area (Å²) < 4.78 is 0. The normalized spacial score (nSPS) is 25.2. The quantitative estimate of drug-likeness (QED) is 0.922. The van der Waals surface area contributed by atoms with Crippen LogP contribution in [-0.2, 0) is 0 Å². The zero-order valence-corrected chi connectivity index (χ0v) is 13.5. The molecule has 21 heavy (non-hydrogen) atoms. The Bertz CT molecular complexity index is 452. The summed E-state index contributed by atoms with van der Waals surface area (Å²) in [4.78, 5) is 5.00. The molecule has 0 amide bonds. The second-order valence-corrected chi connectivity index (χ2v) is 6.87. The summed E-state index contributed by atoms with van der Waals surface area (Å²) in [6, 6.07) is 10.3. The number of nitrogens with one attached hydrogen (secondary N) is 1. The fraction of sp³-hybridized carbons (Fsp3) is 0.667. The van der Waals surface area contributed by atoms with Gasteiger partial charge in [-0.15, -0.1) is 0 Å².